The van der Waals surface area contributed by atoms with E-state index in [9.17, 15) is 4.79 Å². The Bertz CT molecular complexity index is 544. The number of thioether (sulfide) groups is 1. The van der Waals surface area contributed by atoms with Gasteiger partial charge in [0, 0.05) is 31.9 Å². The first-order valence-electron chi connectivity index (χ1n) is 8.62. The van der Waals surface area contributed by atoms with Gasteiger partial charge in [0.15, 0.2) is 0 Å². The molecule has 1 aliphatic carbocycles. The number of hydrogen-bond acceptors (Lipinski definition) is 4. The van der Waals surface area contributed by atoms with Gasteiger partial charge in [0.25, 0.3) is 0 Å². The Labute approximate surface area is 155 Å². The zero-order valence-corrected chi connectivity index (χ0v) is 16.3. The van der Waals surface area contributed by atoms with Gasteiger partial charge < -0.3 is 14.8 Å². The largest absolute Gasteiger partial charge is 0.337 e. The summed E-state index contributed by atoms with van der Waals surface area (Å²) in [7, 11) is 2.01. The number of nitrogens with zero attached hydrogens (tertiary/aromatic N) is 3. The molecule has 1 amide bonds. The number of aromatic nitrogens is 2. The highest BCUT2D eigenvalue weighted by atomic mass is 35.5. The van der Waals surface area contributed by atoms with Gasteiger partial charge in [-0.2, -0.15) is 11.8 Å². The highest BCUT2D eigenvalue weighted by Gasteiger charge is 2.57. The van der Waals surface area contributed by atoms with Crippen LogP contribution in [0.15, 0.2) is 12.4 Å². The van der Waals surface area contributed by atoms with Gasteiger partial charge >= 0.3 is 0 Å². The van der Waals surface area contributed by atoms with Crippen molar-refractivity contribution in [1.29, 1.82) is 0 Å². The Kier molecular flexibility index (Phi) is 7.01. The van der Waals surface area contributed by atoms with E-state index in [0.717, 1.165) is 31.1 Å². The van der Waals surface area contributed by atoms with Gasteiger partial charge in [-0.1, -0.05) is 0 Å². The maximum absolute atomic E-state index is 12.8. The topological polar surface area (TPSA) is 50.2 Å². The molecule has 1 aromatic heterocycles. The number of carbonyl (C=O) groups is 1. The predicted octanol–water partition coefficient (Wildman–Crippen LogP) is 2.46. The quantitative estimate of drug-likeness (QED) is 0.747. The monoisotopic (exact) mass is 372 g/mol. The molecule has 24 heavy (non-hydrogen) atoms. The number of halogens is 1. The minimum absolute atomic E-state index is 0. The Morgan fingerprint density at radius 2 is 2.25 bits per heavy atom. The zero-order chi connectivity index (χ0) is 16.3. The smallest absolute Gasteiger partial charge is 0.223 e. The lowest BCUT2D eigenvalue weighted by Crippen LogP contribution is -2.39. The van der Waals surface area contributed by atoms with E-state index >= 15 is 0 Å². The van der Waals surface area contributed by atoms with E-state index in [4.69, 9.17) is 0 Å². The van der Waals surface area contributed by atoms with Gasteiger partial charge in [-0.05, 0) is 56.2 Å². The van der Waals surface area contributed by atoms with E-state index in [1.807, 2.05) is 35.8 Å². The SMILES string of the molecule is CSCCCC(=O)N(Cc1nccn1C)C1CC12CCNCC2.Cl. The number of imidazole rings is 1. The lowest BCUT2D eigenvalue weighted by Gasteiger charge is -2.29. The number of aryl methyl sites for hydroxylation is 1. The van der Waals surface area contributed by atoms with Crippen LogP contribution in [0.3, 0.4) is 0 Å². The fourth-order valence-electron chi connectivity index (χ4n) is 3.81. The molecule has 1 N–H and O–H groups in total. The predicted molar refractivity (Wildman–Crippen MR) is 102 cm³/mol. The van der Waals surface area contributed by atoms with Crippen LogP contribution in [0.25, 0.3) is 0 Å². The Morgan fingerprint density at radius 1 is 1.50 bits per heavy atom. The lowest BCUT2D eigenvalue weighted by atomic mass is 9.93. The highest BCUT2D eigenvalue weighted by molar-refractivity contribution is 7.98. The molecular weight excluding hydrogens is 344 g/mol. The number of rotatable bonds is 7. The van der Waals surface area contributed by atoms with Gasteiger partial charge in [-0.15, -0.1) is 12.4 Å². The molecule has 136 valence electrons. The fourth-order valence-corrected chi connectivity index (χ4v) is 4.25. The van der Waals surface area contributed by atoms with E-state index in [1.165, 1.54) is 19.3 Å². The van der Waals surface area contributed by atoms with Crippen LogP contribution in [-0.2, 0) is 18.4 Å². The van der Waals surface area contributed by atoms with Crippen molar-refractivity contribution >= 4 is 30.1 Å². The Balaban J connectivity index is 0.00000208. The first-order valence-corrected chi connectivity index (χ1v) is 10.0. The van der Waals surface area contributed by atoms with Crippen LogP contribution in [-0.4, -0.2) is 51.5 Å². The molecule has 1 atom stereocenters. The average molecular weight is 373 g/mol. The minimum atomic E-state index is 0. The second-order valence-electron chi connectivity index (χ2n) is 6.90. The standard InChI is InChI=1S/C17H28N4OS.ClH/c1-20-10-9-19-15(20)13-21(16(22)4-3-11-23-2)14-12-17(14)5-7-18-8-6-17;/h9-10,14,18H,3-8,11-13H2,1-2H3;1H. The van der Waals surface area contributed by atoms with Gasteiger partial charge in [0.1, 0.15) is 5.82 Å². The second kappa shape index (κ2) is 8.59. The summed E-state index contributed by atoms with van der Waals surface area (Å²) in [6, 6.07) is 0.420. The van der Waals surface area contributed by atoms with Crippen LogP contribution in [0.5, 0.6) is 0 Å². The fraction of sp³-hybridized carbons (Fsp3) is 0.765. The summed E-state index contributed by atoms with van der Waals surface area (Å²) in [6.07, 6.45) is 11.1. The van der Waals surface area contributed by atoms with Crippen molar-refractivity contribution in [2.45, 2.75) is 44.7 Å². The molecule has 2 fully saturated rings. The van der Waals surface area contributed by atoms with Gasteiger partial charge in [-0.25, -0.2) is 4.98 Å². The molecule has 3 rings (SSSR count). The van der Waals surface area contributed by atoms with Crippen molar-refractivity contribution in [3.63, 3.8) is 0 Å². The molecule has 0 aromatic carbocycles. The second-order valence-corrected chi connectivity index (χ2v) is 7.89. The molecule has 7 heteroatoms. The van der Waals surface area contributed by atoms with E-state index in [-0.39, 0.29) is 12.4 Å². The summed E-state index contributed by atoms with van der Waals surface area (Å²) < 4.78 is 2.03. The molecule has 2 heterocycles. The number of carbonyl (C=O) groups excluding carboxylic acids is 1. The van der Waals surface area contributed by atoms with Crippen LogP contribution < -0.4 is 5.32 Å². The number of amides is 1. The Hall–Kier alpha value is -0.720. The molecule has 1 aliphatic heterocycles. The van der Waals surface area contributed by atoms with Crippen molar-refractivity contribution in [2.75, 3.05) is 25.1 Å². The zero-order valence-electron chi connectivity index (χ0n) is 14.7. The maximum atomic E-state index is 12.8. The third-order valence-electron chi connectivity index (χ3n) is 5.41. The summed E-state index contributed by atoms with van der Waals surface area (Å²) in [6.45, 7) is 2.84. The first kappa shape index (κ1) is 19.6. The average Bonchev–Trinajstić information content (AvgIpc) is 3.06. The van der Waals surface area contributed by atoms with Crippen molar-refractivity contribution < 1.29 is 4.79 Å². The lowest BCUT2D eigenvalue weighted by molar-refractivity contribution is -0.133. The molecule has 0 bridgehead atoms. The summed E-state index contributed by atoms with van der Waals surface area (Å²) in [5.41, 5.74) is 0.381. The highest BCUT2D eigenvalue weighted by Crippen LogP contribution is 2.56. The summed E-state index contributed by atoms with van der Waals surface area (Å²) >= 11 is 1.81. The van der Waals surface area contributed by atoms with E-state index in [0.29, 0.717) is 30.3 Å². The minimum Gasteiger partial charge on any atom is -0.337 e. The summed E-state index contributed by atoms with van der Waals surface area (Å²) in [5.74, 6) is 2.35. The first-order chi connectivity index (χ1) is 11.2. The van der Waals surface area contributed by atoms with E-state index in [2.05, 4.69) is 21.5 Å². The van der Waals surface area contributed by atoms with Gasteiger partial charge in [-0.3, -0.25) is 4.79 Å². The number of nitrogens with one attached hydrogen (secondary N) is 1. The molecule has 1 saturated heterocycles. The van der Waals surface area contributed by atoms with Gasteiger partial charge in [0.05, 0.1) is 6.54 Å². The molecule has 1 unspecified atom stereocenters. The number of piperidine rings is 1. The van der Waals surface area contributed by atoms with E-state index < -0.39 is 0 Å². The van der Waals surface area contributed by atoms with Crippen LogP contribution >= 0.6 is 24.2 Å². The van der Waals surface area contributed by atoms with Crippen molar-refractivity contribution in [2.24, 2.45) is 12.5 Å². The molecule has 2 aliphatic rings. The molecule has 5 nitrogen and oxygen atoms in total. The van der Waals surface area contributed by atoms with Crippen molar-refractivity contribution in [3.8, 4) is 0 Å². The number of hydrogen-bond donors (Lipinski definition) is 1. The third-order valence-corrected chi connectivity index (χ3v) is 6.11. The van der Waals surface area contributed by atoms with E-state index in [1.54, 1.807) is 0 Å². The van der Waals surface area contributed by atoms with Gasteiger partial charge in [0.2, 0.25) is 5.91 Å². The van der Waals surface area contributed by atoms with Crippen LogP contribution in [0, 0.1) is 5.41 Å². The normalized spacial score (nSPS) is 21.3. The molecule has 0 radical (unpaired) electrons. The van der Waals surface area contributed by atoms with Crippen LogP contribution in [0.1, 0.15) is 37.9 Å². The maximum Gasteiger partial charge on any atom is 0.223 e. The Morgan fingerprint density at radius 3 is 2.88 bits per heavy atom. The molecule has 1 spiro atoms. The molecule has 1 aromatic rings. The van der Waals surface area contributed by atoms with Crippen LogP contribution in [0.2, 0.25) is 0 Å². The summed E-state index contributed by atoms with van der Waals surface area (Å²) in [5, 5.41) is 3.44. The molecule has 1 saturated carbocycles. The van der Waals surface area contributed by atoms with Crippen molar-refractivity contribution in [1.82, 2.24) is 19.8 Å². The third kappa shape index (κ3) is 4.27. The summed E-state index contributed by atoms with van der Waals surface area (Å²) in [4.78, 5) is 19.4. The molecular formula is C17H29ClN4OS. The van der Waals surface area contributed by atoms with Crippen molar-refractivity contribution in [3.05, 3.63) is 18.2 Å². The van der Waals surface area contributed by atoms with Crippen LogP contribution in [0.4, 0.5) is 0 Å².